The topological polar surface area (TPSA) is 107 Å². The SMILES string of the molecule is O=C(Nc1nnc(CCCOc2ccccc2)s1)c1ccc([N+](=O)[O-])cc1Cl. The Balaban J connectivity index is 1.51. The van der Waals surface area contributed by atoms with Crippen molar-refractivity contribution >= 4 is 39.7 Å². The van der Waals surface area contributed by atoms with Crippen molar-refractivity contribution in [3.63, 3.8) is 0 Å². The summed E-state index contributed by atoms with van der Waals surface area (Å²) in [5.74, 6) is 0.308. The summed E-state index contributed by atoms with van der Waals surface area (Å²) in [5, 5.41) is 22.4. The maximum atomic E-state index is 12.3. The molecule has 0 atom stereocenters. The lowest BCUT2D eigenvalue weighted by Gasteiger charge is -2.04. The van der Waals surface area contributed by atoms with Gasteiger partial charge in [-0.15, -0.1) is 10.2 Å². The Morgan fingerprint density at radius 3 is 2.71 bits per heavy atom. The molecule has 0 saturated carbocycles. The summed E-state index contributed by atoms with van der Waals surface area (Å²) in [6.07, 6.45) is 1.42. The molecule has 1 heterocycles. The minimum Gasteiger partial charge on any atom is -0.494 e. The standard InChI is InChI=1S/C18H15ClN4O4S/c19-15-11-12(23(25)26)8-9-14(15)17(24)20-18-22-21-16(28-18)7-4-10-27-13-5-2-1-3-6-13/h1-3,5-6,8-9,11H,4,7,10H2,(H,20,22,24). The van der Waals surface area contributed by atoms with Gasteiger partial charge in [-0.2, -0.15) is 0 Å². The number of aryl methyl sites for hydroxylation is 1. The molecule has 1 aromatic heterocycles. The number of ether oxygens (including phenoxy) is 1. The molecular weight excluding hydrogens is 404 g/mol. The normalized spacial score (nSPS) is 10.5. The summed E-state index contributed by atoms with van der Waals surface area (Å²) in [4.78, 5) is 22.5. The molecule has 0 radical (unpaired) electrons. The minimum absolute atomic E-state index is 0.00509. The fourth-order valence-corrected chi connectivity index (χ4v) is 3.34. The minimum atomic E-state index is -0.577. The molecule has 0 unspecified atom stereocenters. The number of non-ortho nitro benzene ring substituents is 1. The van der Waals surface area contributed by atoms with E-state index in [1.54, 1.807) is 0 Å². The molecule has 0 aliphatic heterocycles. The number of carbonyl (C=O) groups is 1. The van der Waals surface area contributed by atoms with Crippen LogP contribution in [0.4, 0.5) is 10.8 Å². The molecule has 3 aromatic rings. The van der Waals surface area contributed by atoms with Crippen LogP contribution in [-0.4, -0.2) is 27.6 Å². The number of nitro benzene ring substituents is 1. The van der Waals surface area contributed by atoms with Gasteiger partial charge in [-0.3, -0.25) is 20.2 Å². The van der Waals surface area contributed by atoms with Gasteiger partial charge in [-0.05, 0) is 24.6 Å². The number of para-hydroxylation sites is 1. The van der Waals surface area contributed by atoms with E-state index in [1.165, 1.54) is 23.5 Å². The van der Waals surface area contributed by atoms with Crippen LogP contribution in [-0.2, 0) is 6.42 Å². The van der Waals surface area contributed by atoms with Gasteiger partial charge in [0.25, 0.3) is 11.6 Å². The van der Waals surface area contributed by atoms with Crippen LogP contribution in [0.15, 0.2) is 48.5 Å². The Labute approximate surface area is 169 Å². The highest BCUT2D eigenvalue weighted by Gasteiger charge is 2.16. The number of aromatic nitrogens is 2. The average Bonchev–Trinajstić information content (AvgIpc) is 3.13. The van der Waals surface area contributed by atoms with Crippen LogP contribution in [0.1, 0.15) is 21.8 Å². The van der Waals surface area contributed by atoms with E-state index in [9.17, 15) is 14.9 Å². The van der Waals surface area contributed by atoms with Crippen molar-refractivity contribution in [2.45, 2.75) is 12.8 Å². The maximum absolute atomic E-state index is 12.3. The summed E-state index contributed by atoms with van der Waals surface area (Å²) in [7, 11) is 0. The highest BCUT2D eigenvalue weighted by atomic mass is 35.5. The van der Waals surface area contributed by atoms with Gasteiger partial charge in [-0.25, -0.2) is 0 Å². The van der Waals surface area contributed by atoms with E-state index in [2.05, 4.69) is 15.5 Å². The number of hydrogen-bond donors (Lipinski definition) is 1. The third-order valence-corrected chi connectivity index (χ3v) is 4.85. The van der Waals surface area contributed by atoms with E-state index in [1.807, 2.05) is 30.3 Å². The van der Waals surface area contributed by atoms with Crippen LogP contribution in [0.2, 0.25) is 5.02 Å². The van der Waals surface area contributed by atoms with Gasteiger partial charge in [0.1, 0.15) is 10.8 Å². The number of rotatable bonds is 8. The van der Waals surface area contributed by atoms with Crippen molar-refractivity contribution in [3.05, 3.63) is 74.2 Å². The zero-order valence-corrected chi connectivity index (χ0v) is 16.1. The molecule has 28 heavy (non-hydrogen) atoms. The third kappa shape index (κ3) is 5.24. The monoisotopic (exact) mass is 418 g/mol. The average molecular weight is 419 g/mol. The number of hydrogen-bond acceptors (Lipinski definition) is 7. The quantitative estimate of drug-likeness (QED) is 0.330. The Morgan fingerprint density at radius 2 is 2.00 bits per heavy atom. The molecule has 1 N–H and O–H groups in total. The van der Waals surface area contributed by atoms with Crippen molar-refractivity contribution in [3.8, 4) is 5.75 Å². The molecule has 0 fully saturated rings. The van der Waals surface area contributed by atoms with Gasteiger partial charge in [-0.1, -0.05) is 41.1 Å². The molecule has 3 rings (SSSR count). The summed E-state index contributed by atoms with van der Waals surface area (Å²) in [5.41, 5.74) is -0.0576. The van der Waals surface area contributed by atoms with Gasteiger partial charge >= 0.3 is 0 Å². The number of anilines is 1. The Kier molecular flexibility index (Phi) is 6.51. The first-order chi connectivity index (χ1) is 13.5. The van der Waals surface area contributed by atoms with Crippen molar-refractivity contribution in [1.29, 1.82) is 0 Å². The second kappa shape index (κ2) is 9.25. The number of benzene rings is 2. The number of nitro groups is 1. The van der Waals surface area contributed by atoms with Gasteiger partial charge in [0.05, 0.1) is 22.1 Å². The predicted molar refractivity (Wildman–Crippen MR) is 106 cm³/mol. The van der Waals surface area contributed by atoms with Crippen LogP contribution >= 0.6 is 22.9 Å². The number of amides is 1. The van der Waals surface area contributed by atoms with Crippen molar-refractivity contribution in [2.24, 2.45) is 0 Å². The van der Waals surface area contributed by atoms with Crippen LogP contribution in [0.3, 0.4) is 0 Å². The largest absolute Gasteiger partial charge is 0.494 e. The Bertz CT molecular complexity index is 981. The van der Waals surface area contributed by atoms with Gasteiger partial charge < -0.3 is 4.74 Å². The number of nitrogens with zero attached hydrogens (tertiary/aromatic N) is 3. The molecule has 2 aromatic carbocycles. The number of carbonyl (C=O) groups excluding carboxylic acids is 1. The molecule has 1 amide bonds. The van der Waals surface area contributed by atoms with Crippen molar-refractivity contribution < 1.29 is 14.5 Å². The highest BCUT2D eigenvalue weighted by Crippen LogP contribution is 2.24. The summed E-state index contributed by atoms with van der Waals surface area (Å²) in [6.45, 7) is 0.545. The van der Waals surface area contributed by atoms with Gasteiger partial charge in [0.15, 0.2) is 0 Å². The first-order valence-electron chi connectivity index (χ1n) is 8.28. The molecule has 8 nitrogen and oxygen atoms in total. The zero-order chi connectivity index (χ0) is 19.9. The smallest absolute Gasteiger partial charge is 0.270 e. The number of nitrogens with one attached hydrogen (secondary N) is 1. The molecule has 0 aliphatic carbocycles. The van der Waals surface area contributed by atoms with E-state index in [-0.39, 0.29) is 16.3 Å². The molecule has 0 bridgehead atoms. The number of halogens is 1. The summed E-state index contributed by atoms with van der Waals surface area (Å²) in [6, 6.07) is 13.2. The van der Waals surface area contributed by atoms with Gasteiger partial charge in [0, 0.05) is 18.6 Å². The third-order valence-electron chi connectivity index (χ3n) is 3.64. The molecule has 0 aliphatic rings. The summed E-state index contributed by atoms with van der Waals surface area (Å²) < 4.78 is 5.62. The fourth-order valence-electron chi connectivity index (χ4n) is 2.30. The molecule has 0 saturated heterocycles. The second-order valence-electron chi connectivity index (χ2n) is 5.64. The van der Waals surface area contributed by atoms with Gasteiger partial charge in [0.2, 0.25) is 5.13 Å². The lowest BCUT2D eigenvalue weighted by molar-refractivity contribution is -0.384. The first kappa shape index (κ1) is 19.7. The Morgan fingerprint density at radius 1 is 1.21 bits per heavy atom. The van der Waals surface area contributed by atoms with E-state index in [0.29, 0.717) is 18.2 Å². The van der Waals surface area contributed by atoms with Crippen LogP contribution in [0.5, 0.6) is 5.75 Å². The molecule has 10 heteroatoms. The molecule has 144 valence electrons. The van der Waals surface area contributed by atoms with Crippen LogP contribution in [0.25, 0.3) is 0 Å². The van der Waals surface area contributed by atoms with Crippen LogP contribution in [0, 0.1) is 10.1 Å². The summed E-state index contributed by atoms with van der Waals surface area (Å²) >= 11 is 7.22. The first-order valence-corrected chi connectivity index (χ1v) is 9.48. The second-order valence-corrected chi connectivity index (χ2v) is 7.11. The maximum Gasteiger partial charge on any atom is 0.270 e. The van der Waals surface area contributed by atoms with E-state index < -0.39 is 10.8 Å². The van der Waals surface area contributed by atoms with E-state index in [0.717, 1.165) is 23.2 Å². The molecule has 0 spiro atoms. The highest BCUT2D eigenvalue weighted by molar-refractivity contribution is 7.15. The van der Waals surface area contributed by atoms with E-state index in [4.69, 9.17) is 16.3 Å². The van der Waals surface area contributed by atoms with Crippen molar-refractivity contribution in [1.82, 2.24) is 10.2 Å². The lowest BCUT2D eigenvalue weighted by atomic mass is 10.2. The fraction of sp³-hybridized carbons (Fsp3) is 0.167. The van der Waals surface area contributed by atoms with E-state index >= 15 is 0 Å². The van der Waals surface area contributed by atoms with Crippen molar-refractivity contribution in [2.75, 3.05) is 11.9 Å². The van der Waals surface area contributed by atoms with Crippen LogP contribution < -0.4 is 10.1 Å². The predicted octanol–water partition coefficient (Wildman–Crippen LogP) is 4.36. The molecular formula is C18H15ClN4O4S. The lowest BCUT2D eigenvalue weighted by Crippen LogP contribution is -2.12. The Hall–Kier alpha value is -3.04. The zero-order valence-electron chi connectivity index (χ0n) is 14.5.